The molecule has 0 aliphatic heterocycles. The maximum absolute atomic E-state index is 11.4. The van der Waals surface area contributed by atoms with Crippen LogP contribution in [-0.4, -0.2) is 47.4 Å². The average molecular weight is 307 g/mol. The minimum atomic E-state index is -1.15. The lowest BCUT2D eigenvalue weighted by Gasteiger charge is -2.14. The Morgan fingerprint density at radius 3 is 2.18 bits per heavy atom. The minimum Gasteiger partial charge on any atom is -0.493 e. The van der Waals surface area contributed by atoms with Crippen molar-refractivity contribution in [2.45, 2.75) is 13.5 Å². The first-order valence-electron chi connectivity index (χ1n) is 6.54. The Morgan fingerprint density at radius 2 is 1.77 bits per heavy atom. The molecule has 2 rings (SSSR count). The molecule has 0 spiro atoms. The summed E-state index contributed by atoms with van der Waals surface area (Å²) in [5.41, 5.74) is 0.823. The Bertz CT molecular complexity index is 671. The van der Waals surface area contributed by atoms with E-state index in [1.54, 1.807) is 12.1 Å². The molecule has 1 aromatic carbocycles. The minimum absolute atomic E-state index is 0.129. The standard InChI is InChI=1S/C14H17N3O5/c1-5-17-12(11(14(18)19)15-16-17)8-6-9(20-2)13(22-4)10(7-8)21-3/h6-7H,5H2,1-4H3,(H,18,19). The molecule has 0 fully saturated rings. The van der Waals surface area contributed by atoms with E-state index in [4.69, 9.17) is 14.2 Å². The molecule has 1 heterocycles. The molecule has 8 heteroatoms. The number of aromatic carboxylic acids is 1. The van der Waals surface area contributed by atoms with Crippen molar-refractivity contribution < 1.29 is 24.1 Å². The van der Waals surface area contributed by atoms with Crippen LogP contribution in [0.1, 0.15) is 17.4 Å². The summed E-state index contributed by atoms with van der Waals surface area (Å²) in [5, 5.41) is 16.9. The van der Waals surface area contributed by atoms with Crippen LogP contribution < -0.4 is 14.2 Å². The summed E-state index contributed by atoms with van der Waals surface area (Å²) in [6.45, 7) is 2.33. The second-order valence-corrected chi connectivity index (χ2v) is 4.32. The Labute approximate surface area is 127 Å². The van der Waals surface area contributed by atoms with E-state index in [1.807, 2.05) is 6.92 Å². The van der Waals surface area contributed by atoms with Gasteiger partial charge < -0.3 is 19.3 Å². The second kappa shape index (κ2) is 6.33. The van der Waals surface area contributed by atoms with E-state index in [9.17, 15) is 9.90 Å². The van der Waals surface area contributed by atoms with E-state index < -0.39 is 5.97 Å². The number of nitrogens with zero attached hydrogens (tertiary/aromatic N) is 3. The largest absolute Gasteiger partial charge is 0.493 e. The maximum Gasteiger partial charge on any atom is 0.358 e. The number of hydrogen-bond donors (Lipinski definition) is 1. The molecular formula is C14H17N3O5. The van der Waals surface area contributed by atoms with Crippen LogP contribution in [-0.2, 0) is 6.54 Å². The van der Waals surface area contributed by atoms with Crippen LogP contribution >= 0.6 is 0 Å². The van der Waals surface area contributed by atoms with Crippen LogP contribution in [0.4, 0.5) is 0 Å². The highest BCUT2D eigenvalue weighted by Gasteiger charge is 2.23. The Kier molecular flexibility index (Phi) is 4.50. The average Bonchev–Trinajstić information content (AvgIpc) is 2.97. The Balaban J connectivity index is 2.72. The monoisotopic (exact) mass is 307 g/mol. The Morgan fingerprint density at radius 1 is 1.18 bits per heavy atom. The topological polar surface area (TPSA) is 95.7 Å². The molecule has 1 aromatic heterocycles. The summed E-state index contributed by atoms with van der Waals surface area (Å²) in [6, 6.07) is 3.33. The smallest absolute Gasteiger partial charge is 0.358 e. The predicted molar refractivity (Wildman–Crippen MR) is 77.7 cm³/mol. The van der Waals surface area contributed by atoms with Gasteiger partial charge in [-0.3, -0.25) is 0 Å². The van der Waals surface area contributed by atoms with Crippen molar-refractivity contribution in [2.24, 2.45) is 0 Å². The molecule has 0 aliphatic carbocycles. The normalized spacial score (nSPS) is 10.4. The van der Waals surface area contributed by atoms with Crippen LogP contribution in [0.25, 0.3) is 11.3 Å². The third-order valence-corrected chi connectivity index (χ3v) is 3.18. The van der Waals surface area contributed by atoms with Gasteiger partial charge in [0.15, 0.2) is 17.2 Å². The number of aromatic nitrogens is 3. The van der Waals surface area contributed by atoms with Gasteiger partial charge in [-0.1, -0.05) is 5.21 Å². The maximum atomic E-state index is 11.4. The first-order valence-corrected chi connectivity index (χ1v) is 6.54. The number of carbonyl (C=O) groups is 1. The van der Waals surface area contributed by atoms with Gasteiger partial charge >= 0.3 is 5.97 Å². The first-order chi connectivity index (χ1) is 10.6. The van der Waals surface area contributed by atoms with E-state index in [0.29, 0.717) is 35.1 Å². The van der Waals surface area contributed by atoms with Crippen molar-refractivity contribution in [3.63, 3.8) is 0 Å². The Hall–Kier alpha value is -2.77. The molecule has 0 amide bonds. The zero-order valence-corrected chi connectivity index (χ0v) is 12.8. The number of rotatable bonds is 6. The highest BCUT2D eigenvalue weighted by molar-refractivity contribution is 5.93. The predicted octanol–water partition coefficient (Wildman–Crippen LogP) is 1.69. The molecule has 2 aromatic rings. The van der Waals surface area contributed by atoms with E-state index in [2.05, 4.69) is 10.3 Å². The van der Waals surface area contributed by atoms with Crippen molar-refractivity contribution >= 4 is 5.97 Å². The van der Waals surface area contributed by atoms with E-state index in [1.165, 1.54) is 26.0 Å². The number of ether oxygens (including phenoxy) is 3. The van der Waals surface area contributed by atoms with E-state index in [0.717, 1.165) is 0 Å². The summed E-state index contributed by atoms with van der Waals surface area (Å²) in [6.07, 6.45) is 0. The molecule has 0 radical (unpaired) electrons. The van der Waals surface area contributed by atoms with Gasteiger partial charge in [-0.25, -0.2) is 9.48 Å². The lowest BCUT2D eigenvalue weighted by Crippen LogP contribution is -2.04. The van der Waals surface area contributed by atoms with E-state index >= 15 is 0 Å². The summed E-state index contributed by atoms with van der Waals surface area (Å²) in [4.78, 5) is 11.4. The van der Waals surface area contributed by atoms with Gasteiger partial charge in [0.25, 0.3) is 0 Å². The number of methoxy groups -OCH3 is 3. The third kappa shape index (κ3) is 2.54. The van der Waals surface area contributed by atoms with Crippen molar-refractivity contribution in [3.05, 3.63) is 17.8 Å². The van der Waals surface area contributed by atoms with Gasteiger partial charge in [-0.2, -0.15) is 0 Å². The number of benzene rings is 1. The molecule has 8 nitrogen and oxygen atoms in total. The van der Waals surface area contributed by atoms with Crippen LogP contribution in [0.5, 0.6) is 17.2 Å². The van der Waals surface area contributed by atoms with Gasteiger partial charge in [0.1, 0.15) is 5.69 Å². The molecular weight excluding hydrogens is 290 g/mol. The fraction of sp³-hybridized carbons (Fsp3) is 0.357. The fourth-order valence-electron chi connectivity index (χ4n) is 2.18. The van der Waals surface area contributed by atoms with Gasteiger partial charge in [0, 0.05) is 12.1 Å². The fourth-order valence-corrected chi connectivity index (χ4v) is 2.18. The molecule has 0 aliphatic rings. The zero-order valence-electron chi connectivity index (χ0n) is 12.8. The van der Waals surface area contributed by atoms with Gasteiger partial charge in [0.05, 0.1) is 21.3 Å². The van der Waals surface area contributed by atoms with Crippen molar-refractivity contribution in [2.75, 3.05) is 21.3 Å². The lowest BCUT2D eigenvalue weighted by atomic mass is 10.1. The number of aryl methyl sites for hydroxylation is 1. The number of carboxylic acid groups (broad SMARTS) is 1. The number of carboxylic acids is 1. The van der Waals surface area contributed by atoms with Crippen LogP contribution in [0, 0.1) is 0 Å². The molecule has 22 heavy (non-hydrogen) atoms. The summed E-state index contributed by atoms with van der Waals surface area (Å²) in [5.74, 6) is 0.138. The SMILES string of the molecule is CCn1nnc(C(=O)O)c1-c1cc(OC)c(OC)c(OC)c1. The van der Waals surface area contributed by atoms with E-state index in [-0.39, 0.29) is 5.69 Å². The van der Waals surface area contributed by atoms with Gasteiger partial charge in [-0.15, -0.1) is 5.10 Å². The van der Waals surface area contributed by atoms with Crippen molar-refractivity contribution in [3.8, 4) is 28.5 Å². The molecule has 0 saturated heterocycles. The van der Waals surface area contributed by atoms with Gasteiger partial charge in [-0.05, 0) is 19.1 Å². The molecule has 0 unspecified atom stereocenters. The zero-order chi connectivity index (χ0) is 16.3. The molecule has 0 saturated carbocycles. The highest BCUT2D eigenvalue weighted by Crippen LogP contribution is 2.41. The van der Waals surface area contributed by atoms with Crippen molar-refractivity contribution in [1.29, 1.82) is 0 Å². The summed E-state index contributed by atoms with van der Waals surface area (Å²) < 4.78 is 17.3. The van der Waals surface area contributed by atoms with Crippen LogP contribution in [0.2, 0.25) is 0 Å². The first kappa shape index (κ1) is 15.6. The highest BCUT2D eigenvalue weighted by atomic mass is 16.5. The van der Waals surface area contributed by atoms with Crippen molar-refractivity contribution in [1.82, 2.24) is 15.0 Å². The molecule has 1 N–H and O–H groups in total. The summed E-state index contributed by atoms with van der Waals surface area (Å²) >= 11 is 0. The lowest BCUT2D eigenvalue weighted by molar-refractivity contribution is 0.0691. The second-order valence-electron chi connectivity index (χ2n) is 4.32. The van der Waals surface area contributed by atoms with Crippen LogP contribution in [0.15, 0.2) is 12.1 Å². The molecule has 0 atom stereocenters. The number of hydrogen-bond acceptors (Lipinski definition) is 6. The molecule has 0 bridgehead atoms. The third-order valence-electron chi connectivity index (χ3n) is 3.18. The quantitative estimate of drug-likeness (QED) is 0.867. The molecule has 118 valence electrons. The summed E-state index contributed by atoms with van der Waals surface area (Å²) in [7, 11) is 4.49. The van der Waals surface area contributed by atoms with Crippen LogP contribution in [0.3, 0.4) is 0 Å². The van der Waals surface area contributed by atoms with Gasteiger partial charge in [0.2, 0.25) is 5.75 Å².